The lowest BCUT2D eigenvalue weighted by Crippen LogP contribution is -2.34. The molecule has 3 N–H and O–H groups in total. The first-order chi connectivity index (χ1) is 8.20. The highest BCUT2D eigenvalue weighted by atomic mass is 16.1. The van der Waals surface area contributed by atoms with Crippen molar-refractivity contribution in [2.24, 2.45) is 24.6 Å². The summed E-state index contributed by atoms with van der Waals surface area (Å²) >= 11 is 0. The molecular formula is C12H20N4O. The second-order valence-corrected chi connectivity index (χ2v) is 4.73. The average Bonchev–Trinajstić information content (AvgIpc) is 2.94. The number of aromatic nitrogens is 2. The van der Waals surface area contributed by atoms with Gasteiger partial charge in [-0.25, -0.2) is 0 Å². The number of carbonyl (C=O) groups excluding carboxylic acids is 1. The third-order valence-electron chi connectivity index (χ3n) is 3.51. The molecule has 0 spiro atoms. The number of nitrogens with two attached hydrogens (primary N) is 1. The summed E-state index contributed by atoms with van der Waals surface area (Å²) in [4.78, 5) is 12.0. The highest BCUT2D eigenvalue weighted by Gasteiger charge is 2.31. The molecule has 1 aromatic heterocycles. The lowest BCUT2D eigenvalue weighted by atomic mass is 9.95. The van der Waals surface area contributed by atoms with Gasteiger partial charge in [-0.1, -0.05) is 6.42 Å². The number of nitrogens with one attached hydrogen (secondary N) is 1. The summed E-state index contributed by atoms with van der Waals surface area (Å²) in [7, 11) is 1.87. The summed E-state index contributed by atoms with van der Waals surface area (Å²) in [5.41, 5.74) is 6.57. The lowest BCUT2D eigenvalue weighted by Gasteiger charge is -2.16. The van der Waals surface area contributed by atoms with Crippen molar-refractivity contribution in [3.8, 4) is 0 Å². The maximum Gasteiger partial charge on any atom is 0.223 e. The molecule has 5 heteroatoms. The van der Waals surface area contributed by atoms with Gasteiger partial charge in [0.1, 0.15) is 0 Å². The zero-order valence-electron chi connectivity index (χ0n) is 10.2. The van der Waals surface area contributed by atoms with E-state index in [9.17, 15) is 4.79 Å². The van der Waals surface area contributed by atoms with E-state index in [-0.39, 0.29) is 11.8 Å². The molecule has 1 heterocycles. The van der Waals surface area contributed by atoms with Crippen molar-refractivity contribution in [1.29, 1.82) is 0 Å². The predicted octanol–water partition coefficient (Wildman–Crippen LogP) is 0.411. The van der Waals surface area contributed by atoms with Gasteiger partial charge in [-0.3, -0.25) is 9.48 Å². The van der Waals surface area contributed by atoms with Gasteiger partial charge in [-0.2, -0.15) is 5.10 Å². The Hall–Kier alpha value is -1.36. The van der Waals surface area contributed by atoms with Crippen molar-refractivity contribution in [3.05, 3.63) is 18.0 Å². The number of hydrogen-bond donors (Lipinski definition) is 2. The van der Waals surface area contributed by atoms with Gasteiger partial charge >= 0.3 is 0 Å². The van der Waals surface area contributed by atoms with Crippen LogP contribution in [0.25, 0.3) is 0 Å². The van der Waals surface area contributed by atoms with E-state index in [0.717, 1.165) is 25.0 Å². The van der Waals surface area contributed by atoms with E-state index >= 15 is 0 Å². The number of rotatable bonds is 4. The Labute approximate surface area is 101 Å². The lowest BCUT2D eigenvalue weighted by molar-refractivity contribution is -0.126. The van der Waals surface area contributed by atoms with E-state index in [1.807, 2.05) is 19.3 Å². The molecule has 1 fully saturated rings. The van der Waals surface area contributed by atoms with Gasteiger partial charge in [-0.05, 0) is 31.4 Å². The minimum absolute atomic E-state index is 0.101. The Morgan fingerprint density at radius 2 is 2.47 bits per heavy atom. The number of carbonyl (C=O) groups is 1. The molecule has 2 atom stereocenters. The summed E-state index contributed by atoms with van der Waals surface area (Å²) in [5.74, 6) is 0.589. The number of aryl methyl sites for hydroxylation is 1. The zero-order chi connectivity index (χ0) is 12.3. The first kappa shape index (κ1) is 12.1. The quantitative estimate of drug-likeness (QED) is 0.795. The average molecular weight is 236 g/mol. The highest BCUT2D eigenvalue weighted by molar-refractivity contribution is 5.79. The van der Waals surface area contributed by atoms with Crippen LogP contribution in [0.5, 0.6) is 0 Å². The Kier molecular flexibility index (Phi) is 3.78. The Balaban J connectivity index is 1.84. The van der Waals surface area contributed by atoms with Crippen LogP contribution in [0.3, 0.4) is 0 Å². The summed E-state index contributed by atoms with van der Waals surface area (Å²) in [5, 5.41) is 7.17. The highest BCUT2D eigenvalue weighted by Crippen LogP contribution is 2.30. The van der Waals surface area contributed by atoms with E-state index in [2.05, 4.69) is 10.4 Å². The third-order valence-corrected chi connectivity index (χ3v) is 3.51. The van der Waals surface area contributed by atoms with Gasteiger partial charge < -0.3 is 11.1 Å². The van der Waals surface area contributed by atoms with Crippen molar-refractivity contribution in [1.82, 2.24) is 15.1 Å². The van der Waals surface area contributed by atoms with Crippen LogP contribution < -0.4 is 11.1 Å². The molecule has 2 rings (SSSR count). The molecule has 1 aliphatic rings. The maximum absolute atomic E-state index is 12.0. The zero-order valence-corrected chi connectivity index (χ0v) is 10.2. The van der Waals surface area contributed by atoms with E-state index in [0.29, 0.717) is 19.0 Å². The number of amides is 1. The van der Waals surface area contributed by atoms with Crippen molar-refractivity contribution in [3.63, 3.8) is 0 Å². The van der Waals surface area contributed by atoms with Crippen LogP contribution in [0.15, 0.2) is 12.3 Å². The summed E-state index contributed by atoms with van der Waals surface area (Å²) in [6, 6.07) is 1.91. The van der Waals surface area contributed by atoms with Crippen LogP contribution in [0.1, 0.15) is 25.0 Å². The largest absolute Gasteiger partial charge is 0.350 e. The second-order valence-electron chi connectivity index (χ2n) is 4.73. The van der Waals surface area contributed by atoms with Crippen molar-refractivity contribution >= 4 is 5.91 Å². The van der Waals surface area contributed by atoms with Crippen molar-refractivity contribution in [2.75, 3.05) is 6.54 Å². The normalized spacial score (nSPS) is 23.9. The van der Waals surface area contributed by atoms with Crippen LogP contribution >= 0.6 is 0 Å². The molecule has 0 aromatic carbocycles. The molecule has 2 unspecified atom stereocenters. The molecule has 1 amide bonds. The van der Waals surface area contributed by atoms with Crippen LogP contribution in [0.2, 0.25) is 0 Å². The fourth-order valence-electron chi connectivity index (χ4n) is 2.53. The van der Waals surface area contributed by atoms with Gasteiger partial charge in [0.05, 0.1) is 12.2 Å². The maximum atomic E-state index is 12.0. The predicted molar refractivity (Wildman–Crippen MR) is 64.9 cm³/mol. The fourth-order valence-corrected chi connectivity index (χ4v) is 2.53. The Morgan fingerprint density at radius 3 is 3.12 bits per heavy atom. The Bertz CT molecular complexity index is 388. The minimum Gasteiger partial charge on any atom is -0.350 e. The van der Waals surface area contributed by atoms with Crippen LogP contribution in [-0.4, -0.2) is 22.2 Å². The molecule has 0 radical (unpaired) electrons. The van der Waals surface area contributed by atoms with Crippen LogP contribution in [0.4, 0.5) is 0 Å². The summed E-state index contributed by atoms with van der Waals surface area (Å²) in [6.45, 7) is 1.12. The third kappa shape index (κ3) is 2.85. The fraction of sp³-hybridized carbons (Fsp3) is 0.667. The van der Waals surface area contributed by atoms with Gasteiger partial charge in [0.15, 0.2) is 0 Å². The van der Waals surface area contributed by atoms with Crippen molar-refractivity contribution in [2.45, 2.75) is 25.8 Å². The molecule has 0 saturated heterocycles. The van der Waals surface area contributed by atoms with Gasteiger partial charge in [0.25, 0.3) is 0 Å². The minimum atomic E-state index is 0.101. The molecule has 17 heavy (non-hydrogen) atoms. The van der Waals surface area contributed by atoms with E-state index in [1.54, 1.807) is 4.68 Å². The smallest absolute Gasteiger partial charge is 0.223 e. The number of hydrogen-bond acceptors (Lipinski definition) is 3. The molecule has 0 bridgehead atoms. The van der Waals surface area contributed by atoms with Gasteiger partial charge in [-0.15, -0.1) is 0 Å². The molecule has 5 nitrogen and oxygen atoms in total. The first-order valence-corrected chi connectivity index (χ1v) is 6.17. The summed E-state index contributed by atoms with van der Waals surface area (Å²) in [6.07, 6.45) is 5.04. The van der Waals surface area contributed by atoms with Crippen LogP contribution in [0, 0.1) is 11.8 Å². The summed E-state index contributed by atoms with van der Waals surface area (Å²) < 4.78 is 1.74. The Morgan fingerprint density at radius 1 is 1.65 bits per heavy atom. The molecular weight excluding hydrogens is 216 g/mol. The number of nitrogens with zero attached hydrogens (tertiary/aromatic N) is 2. The second kappa shape index (κ2) is 5.31. The van der Waals surface area contributed by atoms with E-state index in [4.69, 9.17) is 5.73 Å². The van der Waals surface area contributed by atoms with Crippen molar-refractivity contribution < 1.29 is 4.79 Å². The first-order valence-electron chi connectivity index (χ1n) is 6.17. The monoisotopic (exact) mass is 236 g/mol. The molecule has 0 aliphatic heterocycles. The molecule has 94 valence electrons. The van der Waals surface area contributed by atoms with E-state index < -0.39 is 0 Å². The van der Waals surface area contributed by atoms with E-state index in [1.165, 1.54) is 0 Å². The van der Waals surface area contributed by atoms with Gasteiger partial charge in [0.2, 0.25) is 5.91 Å². The molecule has 1 saturated carbocycles. The SMILES string of the molecule is Cn1ccc(CNC(=O)C2CCCC2CN)n1. The molecule has 1 aliphatic carbocycles. The topological polar surface area (TPSA) is 72.9 Å². The molecule has 1 aromatic rings. The van der Waals surface area contributed by atoms with Crippen LogP contribution in [-0.2, 0) is 18.4 Å². The standard InChI is InChI=1S/C12H20N4O/c1-16-6-5-10(15-16)8-14-12(17)11-4-2-3-9(11)7-13/h5-6,9,11H,2-4,7-8,13H2,1H3,(H,14,17). The van der Waals surface area contributed by atoms with Gasteiger partial charge in [0, 0.05) is 19.2 Å².